The number of aryl methyl sites for hydroxylation is 2. The molecule has 8 nitrogen and oxygen atoms in total. The largest absolute Gasteiger partial charge is 0.457 e. The second-order valence-corrected chi connectivity index (χ2v) is 6.91. The maximum atomic E-state index is 12.5. The number of anilines is 1. The van der Waals surface area contributed by atoms with Gasteiger partial charge < -0.3 is 14.1 Å². The molecule has 0 aliphatic rings. The fourth-order valence-corrected chi connectivity index (χ4v) is 3.05. The zero-order chi connectivity index (χ0) is 21.3. The van der Waals surface area contributed by atoms with Crippen LogP contribution < -0.4 is 10.5 Å². The Morgan fingerprint density at radius 3 is 2.55 bits per heavy atom. The molecule has 0 spiro atoms. The van der Waals surface area contributed by atoms with Gasteiger partial charge in [0.1, 0.15) is 17.9 Å². The molecule has 29 heavy (non-hydrogen) atoms. The van der Waals surface area contributed by atoms with Crippen LogP contribution in [0.25, 0.3) is 11.0 Å². The summed E-state index contributed by atoms with van der Waals surface area (Å²) in [5, 5.41) is 12.0. The zero-order valence-corrected chi connectivity index (χ0v) is 16.5. The topological polar surface area (TPSA) is 103 Å². The molecule has 150 valence electrons. The monoisotopic (exact) mass is 396 g/mol. The molecule has 0 atom stereocenters. The van der Waals surface area contributed by atoms with Crippen molar-refractivity contribution < 1.29 is 18.9 Å². The van der Waals surface area contributed by atoms with Crippen LogP contribution in [0, 0.1) is 24.0 Å². The number of benzene rings is 2. The van der Waals surface area contributed by atoms with Gasteiger partial charge in [-0.25, -0.2) is 9.59 Å². The SMILES string of the molecule is Cc1ccc2c(COC(=O)c3ccc(N(C)C)c([N+](=O)[O-])c3)cc(=O)oc2c1C. The van der Waals surface area contributed by atoms with Gasteiger partial charge in [-0.1, -0.05) is 12.1 Å². The van der Waals surface area contributed by atoms with Crippen molar-refractivity contribution >= 4 is 28.3 Å². The van der Waals surface area contributed by atoms with E-state index in [9.17, 15) is 19.7 Å². The summed E-state index contributed by atoms with van der Waals surface area (Å²) in [7, 11) is 3.35. The molecule has 0 fully saturated rings. The summed E-state index contributed by atoms with van der Waals surface area (Å²) in [6.07, 6.45) is 0. The van der Waals surface area contributed by atoms with Gasteiger partial charge in [0, 0.05) is 37.2 Å². The summed E-state index contributed by atoms with van der Waals surface area (Å²) in [4.78, 5) is 36.7. The van der Waals surface area contributed by atoms with E-state index in [2.05, 4.69) is 0 Å². The van der Waals surface area contributed by atoms with Crippen molar-refractivity contribution in [3.63, 3.8) is 0 Å². The Morgan fingerprint density at radius 1 is 1.17 bits per heavy atom. The number of fused-ring (bicyclic) bond motifs is 1. The van der Waals surface area contributed by atoms with Gasteiger partial charge in [-0.05, 0) is 37.1 Å². The number of hydrogen-bond donors (Lipinski definition) is 0. The van der Waals surface area contributed by atoms with Crippen molar-refractivity contribution in [2.45, 2.75) is 20.5 Å². The maximum Gasteiger partial charge on any atom is 0.338 e. The van der Waals surface area contributed by atoms with E-state index in [4.69, 9.17) is 9.15 Å². The predicted molar refractivity (Wildman–Crippen MR) is 109 cm³/mol. The lowest BCUT2D eigenvalue weighted by atomic mass is 10.0. The van der Waals surface area contributed by atoms with Gasteiger partial charge in [-0.3, -0.25) is 10.1 Å². The highest BCUT2D eigenvalue weighted by Gasteiger charge is 2.20. The molecule has 3 rings (SSSR count). The highest BCUT2D eigenvalue weighted by molar-refractivity contribution is 5.92. The normalized spacial score (nSPS) is 10.8. The molecular formula is C21H20N2O6. The lowest BCUT2D eigenvalue weighted by Gasteiger charge is -2.13. The third-order valence-electron chi connectivity index (χ3n) is 4.77. The Hall–Kier alpha value is -3.68. The summed E-state index contributed by atoms with van der Waals surface area (Å²) < 4.78 is 10.6. The minimum Gasteiger partial charge on any atom is -0.457 e. The molecular weight excluding hydrogens is 376 g/mol. The van der Waals surface area contributed by atoms with E-state index in [1.54, 1.807) is 25.1 Å². The first-order valence-corrected chi connectivity index (χ1v) is 8.85. The third kappa shape index (κ3) is 3.96. The first kappa shape index (κ1) is 20.1. The Kier molecular flexibility index (Phi) is 5.36. The van der Waals surface area contributed by atoms with Crippen LogP contribution in [0.4, 0.5) is 11.4 Å². The summed E-state index contributed by atoms with van der Waals surface area (Å²) >= 11 is 0. The average Bonchev–Trinajstić information content (AvgIpc) is 2.68. The van der Waals surface area contributed by atoms with Gasteiger partial charge in [-0.2, -0.15) is 0 Å². The Bertz CT molecular complexity index is 1180. The van der Waals surface area contributed by atoms with Gasteiger partial charge in [0.2, 0.25) is 0 Å². The standard InChI is InChI=1S/C21H20N2O6/c1-12-5-7-16-15(10-19(24)29-20(16)13(12)2)11-28-21(25)14-6-8-17(22(3)4)18(9-14)23(26)27/h5-10H,11H2,1-4H3. The molecule has 3 aromatic rings. The number of nitrogens with zero attached hydrogens (tertiary/aromatic N) is 2. The molecule has 0 aliphatic carbocycles. The van der Waals surface area contributed by atoms with Crippen molar-refractivity contribution in [3.05, 3.63) is 79.2 Å². The number of esters is 1. The van der Waals surface area contributed by atoms with E-state index >= 15 is 0 Å². The van der Waals surface area contributed by atoms with Gasteiger partial charge in [0.25, 0.3) is 5.69 Å². The molecule has 0 N–H and O–H groups in total. The van der Waals surface area contributed by atoms with Crippen LogP contribution in [0.2, 0.25) is 0 Å². The first-order chi connectivity index (χ1) is 13.7. The van der Waals surface area contributed by atoms with Crippen LogP contribution in [-0.2, 0) is 11.3 Å². The van der Waals surface area contributed by atoms with E-state index in [0.717, 1.165) is 11.1 Å². The number of carbonyl (C=O) groups is 1. The van der Waals surface area contributed by atoms with E-state index in [1.165, 1.54) is 24.3 Å². The van der Waals surface area contributed by atoms with Gasteiger partial charge in [-0.15, -0.1) is 0 Å². The summed E-state index contributed by atoms with van der Waals surface area (Å²) in [6, 6.07) is 9.13. The quantitative estimate of drug-likeness (QED) is 0.280. The van der Waals surface area contributed by atoms with Crippen molar-refractivity contribution in [2.24, 2.45) is 0 Å². The van der Waals surface area contributed by atoms with Gasteiger partial charge in [0.15, 0.2) is 0 Å². The highest BCUT2D eigenvalue weighted by Crippen LogP contribution is 2.28. The number of nitro groups is 1. The lowest BCUT2D eigenvalue weighted by Crippen LogP contribution is -2.13. The number of hydrogen-bond acceptors (Lipinski definition) is 7. The van der Waals surface area contributed by atoms with E-state index < -0.39 is 16.5 Å². The van der Waals surface area contributed by atoms with Crippen LogP contribution in [-0.4, -0.2) is 25.0 Å². The lowest BCUT2D eigenvalue weighted by molar-refractivity contribution is -0.384. The molecule has 1 aromatic heterocycles. The van der Waals surface area contributed by atoms with Crippen LogP contribution >= 0.6 is 0 Å². The maximum absolute atomic E-state index is 12.5. The smallest absolute Gasteiger partial charge is 0.338 e. The second-order valence-electron chi connectivity index (χ2n) is 6.91. The molecule has 0 unspecified atom stereocenters. The molecule has 0 amide bonds. The number of rotatable bonds is 5. The fourth-order valence-electron chi connectivity index (χ4n) is 3.05. The zero-order valence-electron chi connectivity index (χ0n) is 16.5. The van der Waals surface area contributed by atoms with E-state index in [1.807, 2.05) is 19.9 Å². The Labute approximate surface area is 166 Å². The highest BCUT2D eigenvalue weighted by atomic mass is 16.6. The Balaban J connectivity index is 1.90. The molecule has 1 heterocycles. The second kappa shape index (κ2) is 7.75. The molecule has 8 heteroatoms. The summed E-state index contributed by atoms with van der Waals surface area (Å²) in [5.74, 6) is -0.719. The molecule has 0 saturated heterocycles. The van der Waals surface area contributed by atoms with Crippen molar-refractivity contribution in [2.75, 3.05) is 19.0 Å². The minimum absolute atomic E-state index is 0.0570. The van der Waals surface area contributed by atoms with Crippen molar-refractivity contribution in [3.8, 4) is 0 Å². The van der Waals surface area contributed by atoms with Crippen LogP contribution in [0.5, 0.6) is 0 Å². The molecule has 0 saturated carbocycles. The first-order valence-electron chi connectivity index (χ1n) is 8.85. The minimum atomic E-state index is -0.719. The van der Waals surface area contributed by atoms with E-state index in [0.29, 0.717) is 22.2 Å². The summed E-state index contributed by atoms with van der Waals surface area (Å²) in [5.41, 5.74) is 2.47. The van der Waals surface area contributed by atoms with Crippen LogP contribution in [0.1, 0.15) is 27.0 Å². The molecule has 0 radical (unpaired) electrons. The van der Waals surface area contributed by atoms with Crippen LogP contribution in [0.3, 0.4) is 0 Å². The van der Waals surface area contributed by atoms with E-state index in [-0.39, 0.29) is 17.9 Å². The third-order valence-corrected chi connectivity index (χ3v) is 4.77. The number of nitro benzene ring substituents is 1. The fraction of sp³-hybridized carbons (Fsp3) is 0.238. The van der Waals surface area contributed by atoms with Gasteiger partial charge >= 0.3 is 11.6 Å². The number of ether oxygens (including phenoxy) is 1. The van der Waals surface area contributed by atoms with Gasteiger partial charge in [0.05, 0.1) is 10.5 Å². The average molecular weight is 396 g/mol. The molecule has 0 bridgehead atoms. The molecule has 0 aliphatic heterocycles. The number of carbonyl (C=O) groups excluding carboxylic acids is 1. The molecule has 2 aromatic carbocycles. The predicted octanol–water partition coefficient (Wildman–Crippen LogP) is 3.74. The summed E-state index contributed by atoms with van der Waals surface area (Å²) in [6.45, 7) is 3.60. The van der Waals surface area contributed by atoms with Crippen molar-refractivity contribution in [1.82, 2.24) is 0 Å². The van der Waals surface area contributed by atoms with Crippen LogP contribution in [0.15, 0.2) is 45.6 Å². The van der Waals surface area contributed by atoms with Crippen molar-refractivity contribution in [1.29, 1.82) is 0 Å². The Morgan fingerprint density at radius 2 is 1.90 bits per heavy atom.